The molecule has 0 unspecified atom stereocenters. The number of nitrogens with zero attached hydrogens (tertiary/aromatic N) is 4. The Bertz CT molecular complexity index is 494. The lowest BCUT2D eigenvalue weighted by Crippen LogP contribution is -2.22. The van der Waals surface area contributed by atoms with Crippen molar-refractivity contribution in [1.82, 2.24) is 19.4 Å². The highest BCUT2D eigenvalue weighted by atomic mass is 32.1. The Kier molecular flexibility index (Phi) is 3.94. The van der Waals surface area contributed by atoms with Crippen LogP contribution in [-0.2, 0) is 25.9 Å². The van der Waals surface area contributed by atoms with Gasteiger partial charge >= 0.3 is 0 Å². The van der Waals surface area contributed by atoms with Crippen LogP contribution in [-0.4, -0.2) is 33.0 Å². The first kappa shape index (κ1) is 12.8. The summed E-state index contributed by atoms with van der Waals surface area (Å²) in [4.78, 5) is 12.7. The number of hydrogen-bond acceptors (Lipinski definition) is 4. The fraction of sp³-hybridized carbons (Fsp3) is 0.571. The van der Waals surface area contributed by atoms with Gasteiger partial charge in [0.2, 0.25) is 0 Å². The summed E-state index contributed by atoms with van der Waals surface area (Å²) in [6.45, 7) is 2.98. The molecule has 2 aromatic rings. The molecule has 2 aromatic heterocycles. The molecule has 0 aliphatic heterocycles. The summed E-state index contributed by atoms with van der Waals surface area (Å²) in [6.07, 6.45) is 10.8. The monoisotopic (exact) mass is 276 g/mol. The summed E-state index contributed by atoms with van der Waals surface area (Å²) in [5.74, 6) is 0. The van der Waals surface area contributed by atoms with Crippen LogP contribution in [0.25, 0.3) is 0 Å². The first-order valence-corrected chi connectivity index (χ1v) is 7.74. The average molecular weight is 276 g/mol. The first-order chi connectivity index (χ1) is 9.31. The summed E-state index contributed by atoms with van der Waals surface area (Å²) in [5, 5.41) is 1.28. The summed E-state index contributed by atoms with van der Waals surface area (Å²) in [6, 6.07) is 0. The number of thiazole rings is 1. The zero-order valence-electron chi connectivity index (χ0n) is 11.4. The van der Waals surface area contributed by atoms with Crippen LogP contribution in [0.5, 0.6) is 0 Å². The minimum atomic E-state index is 0.965. The zero-order chi connectivity index (χ0) is 13.1. The number of likely N-dealkylation sites (N-methyl/N-ethyl adjacent to an activating group) is 1. The minimum Gasteiger partial charge on any atom is -0.336 e. The molecule has 1 aliphatic carbocycles. The molecule has 0 saturated heterocycles. The lowest BCUT2D eigenvalue weighted by Gasteiger charge is -2.14. The van der Waals surface area contributed by atoms with E-state index < -0.39 is 0 Å². The number of aromatic nitrogens is 3. The summed E-state index contributed by atoms with van der Waals surface area (Å²) in [7, 11) is 2.16. The Balaban J connectivity index is 1.54. The predicted molar refractivity (Wildman–Crippen MR) is 77.3 cm³/mol. The minimum absolute atomic E-state index is 0.965. The van der Waals surface area contributed by atoms with Crippen molar-refractivity contribution in [2.75, 3.05) is 13.6 Å². The quantitative estimate of drug-likeness (QED) is 0.840. The maximum atomic E-state index is 4.79. The van der Waals surface area contributed by atoms with Crippen LogP contribution < -0.4 is 0 Å². The number of rotatable bonds is 5. The molecule has 5 heteroatoms. The lowest BCUT2D eigenvalue weighted by molar-refractivity contribution is 0.311. The van der Waals surface area contributed by atoms with Gasteiger partial charge in [-0.2, -0.15) is 0 Å². The molecule has 0 aromatic carbocycles. The standard InChI is InChI=1S/C14H20N4S/c1-17(8-9-18-7-6-15-11-18)10-14-16-12-4-2-3-5-13(12)19-14/h6-7,11H,2-5,8-10H2,1H3. The maximum absolute atomic E-state index is 4.79. The van der Waals surface area contributed by atoms with Crippen molar-refractivity contribution in [3.63, 3.8) is 0 Å². The molecule has 0 fully saturated rings. The fourth-order valence-corrected chi connectivity index (χ4v) is 3.73. The molecule has 0 spiro atoms. The van der Waals surface area contributed by atoms with E-state index in [1.165, 1.54) is 41.3 Å². The van der Waals surface area contributed by atoms with E-state index in [0.717, 1.165) is 19.6 Å². The molecule has 0 bridgehead atoms. The Labute approximate surface area is 118 Å². The Morgan fingerprint density at radius 3 is 3.05 bits per heavy atom. The van der Waals surface area contributed by atoms with E-state index in [1.807, 2.05) is 30.1 Å². The van der Waals surface area contributed by atoms with E-state index in [4.69, 9.17) is 4.98 Å². The van der Waals surface area contributed by atoms with Crippen LogP contribution in [0.15, 0.2) is 18.7 Å². The van der Waals surface area contributed by atoms with Crippen molar-refractivity contribution >= 4 is 11.3 Å². The molecular formula is C14H20N4S. The van der Waals surface area contributed by atoms with Crippen LogP contribution in [0.3, 0.4) is 0 Å². The second-order valence-electron chi connectivity index (χ2n) is 5.22. The predicted octanol–water partition coefficient (Wildman–Crippen LogP) is 2.35. The third kappa shape index (κ3) is 3.22. The third-order valence-corrected chi connectivity index (χ3v) is 4.74. The van der Waals surface area contributed by atoms with Crippen molar-refractivity contribution in [1.29, 1.82) is 0 Å². The second-order valence-corrected chi connectivity index (χ2v) is 6.39. The molecule has 0 N–H and O–H groups in total. The molecule has 0 radical (unpaired) electrons. The van der Waals surface area contributed by atoms with Gasteiger partial charge in [-0.3, -0.25) is 4.90 Å². The summed E-state index contributed by atoms with van der Waals surface area (Å²) >= 11 is 1.92. The van der Waals surface area contributed by atoms with E-state index in [0.29, 0.717) is 0 Å². The molecule has 0 amide bonds. The topological polar surface area (TPSA) is 34.0 Å². The lowest BCUT2D eigenvalue weighted by atomic mass is 10.0. The van der Waals surface area contributed by atoms with Crippen molar-refractivity contribution in [2.24, 2.45) is 0 Å². The van der Waals surface area contributed by atoms with Gasteiger partial charge in [0.25, 0.3) is 0 Å². The number of imidazole rings is 1. The van der Waals surface area contributed by atoms with Gasteiger partial charge in [0.1, 0.15) is 5.01 Å². The Morgan fingerprint density at radius 1 is 1.37 bits per heavy atom. The first-order valence-electron chi connectivity index (χ1n) is 6.93. The zero-order valence-corrected chi connectivity index (χ0v) is 12.2. The van der Waals surface area contributed by atoms with Crippen LogP contribution in [0.4, 0.5) is 0 Å². The van der Waals surface area contributed by atoms with E-state index in [1.54, 1.807) is 0 Å². The SMILES string of the molecule is CN(CCn1ccnc1)Cc1nc2c(s1)CCCC2. The van der Waals surface area contributed by atoms with E-state index in [-0.39, 0.29) is 0 Å². The number of hydrogen-bond donors (Lipinski definition) is 0. The molecule has 19 heavy (non-hydrogen) atoms. The fourth-order valence-electron chi connectivity index (χ4n) is 2.49. The molecule has 0 saturated carbocycles. The Morgan fingerprint density at radius 2 is 2.26 bits per heavy atom. The molecule has 1 aliphatic rings. The van der Waals surface area contributed by atoms with Crippen molar-refractivity contribution in [3.8, 4) is 0 Å². The van der Waals surface area contributed by atoms with Gasteiger partial charge < -0.3 is 4.57 Å². The van der Waals surface area contributed by atoms with Gasteiger partial charge in [-0.05, 0) is 32.7 Å². The highest BCUT2D eigenvalue weighted by Crippen LogP contribution is 2.27. The molecule has 0 atom stereocenters. The number of fused-ring (bicyclic) bond motifs is 1. The Hall–Kier alpha value is -1.20. The normalized spacial score (nSPS) is 14.8. The van der Waals surface area contributed by atoms with Crippen LogP contribution in [0, 0.1) is 0 Å². The van der Waals surface area contributed by atoms with E-state index in [2.05, 4.69) is 21.5 Å². The second kappa shape index (κ2) is 5.84. The smallest absolute Gasteiger partial charge is 0.107 e. The van der Waals surface area contributed by atoms with Gasteiger partial charge in [-0.25, -0.2) is 9.97 Å². The van der Waals surface area contributed by atoms with Gasteiger partial charge in [-0.15, -0.1) is 11.3 Å². The van der Waals surface area contributed by atoms with Crippen LogP contribution in [0.1, 0.15) is 28.4 Å². The highest BCUT2D eigenvalue weighted by molar-refractivity contribution is 7.11. The van der Waals surface area contributed by atoms with Crippen LogP contribution in [0.2, 0.25) is 0 Å². The van der Waals surface area contributed by atoms with Gasteiger partial charge in [0, 0.05) is 30.4 Å². The summed E-state index contributed by atoms with van der Waals surface area (Å²) < 4.78 is 2.11. The molecule has 4 nitrogen and oxygen atoms in total. The van der Waals surface area contributed by atoms with E-state index >= 15 is 0 Å². The molecule has 102 valence electrons. The van der Waals surface area contributed by atoms with Gasteiger partial charge in [-0.1, -0.05) is 0 Å². The summed E-state index contributed by atoms with van der Waals surface area (Å²) in [5.41, 5.74) is 1.37. The highest BCUT2D eigenvalue weighted by Gasteiger charge is 2.15. The molecular weight excluding hydrogens is 256 g/mol. The largest absolute Gasteiger partial charge is 0.336 e. The van der Waals surface area contributed by atoms with Gasteiger partial charge in [0.15, 0.2) is 0 Å². The number of aryl methyl sites for hydroxylation is 2. The third-order valence-electron chi connectivity index (χ3n) is 3.59. The van der Waals surface area contributed by atoms with Crippen molar-refractivity contribution in [2.45, 2.75) is 38.8 Å². The average Bonchev–Trinajstić information content (AvgIpc) is 3.04. The molecule has 3 rings (SSSR count). The maximum Gasteiger partial charge on any atom is 0.107 e. The van der Waals surface area contributed by atoms with E-state index in [9.17, 15) is 0 Å². The van der Waals surface area contributed by atoms with Crippen molar-refractivity contribution < 1.29 is 0 Å². The molecule has 2 heterocycles. The van der Waals surface area contributed by atoms with Gasteiger partial charge in [0.05, 0.1) is 18.6 Å². The van der Waals surface area contributed by atoms with Crippen LogP contribution >= 0.6 is 11.3 Å². The van der Waals surface area contributed by atoms with Crippen molar-refractivity contribution in [3.05, 3.63) is 34.3 Å².